The molecule has 0 spiro atoms. The summed E-state index contributed by atoms with van der Waals surface area (Å²) in [4.78, 5) is 0. The predicted octanol–water partition coefficient (Wildman–Crippen LogP) is 0.0565. The summed E-state index contributed by atoms with van der Waals surface area (Å²) < 4.78 is 1.69. The third-order valence-electron chi connectivity index (χ3n) is 6.53. The van der Waals surface area contributed by atoms with Gasteiger partial charge < -0.3 is 24.8 Å². The molecule has 3 aliphatic rings. The summed E-state index contributed by atoms with van der Waals surface area (Å²) >= 11 is -1.67. The molecule has 0 aromatic heterocycles. The maximum atomic E-state index is 2.51. The second kappa shape index (κ2) is 8.54. The van der Waals surface area contributed by atoms with E-state index in [0.29, 0.717) is 0 Å². The molecule has 2 unspecified atom stereocenters. The van der Waals surface area contributed by atoms with Gasteiger partial charge in [-0.1, -0.05) is 0 Å². The van der Waals surface area contributed by atoms with Gasteiger partial charge in [0.05, 0.1) is 0 Å². The molecule has 0 amide bonds. The summed E-state index contributed by atoms with van der Waals surface area (Å²) in [6, 6.07) is 21.8. The first-order valence-corrected chi connectivity index (χ1v) is 19.0. The molecular formula is C23H25Cl2SiZr. The van der Waals surface area contributed by atoms with Crippen LogP contribution in [0.25, 0.3) is 12.2 Å². The molecule has 2 aromatic carbocycles. The quantitative estimate of drug-likeness (QED) is 0.533. The molecule has 1 saturated heterocycles. The Morgan fingerprint density at radius 3 is 1.59 bits per heavy atom. The van der Waals surface area contributed by atoms with Crippen molar-refractivity contribution in [3.8, 4) is 0 Å². The first-order valence-electron chi connectivity index (χ1n) is 9.65. The number of benzene rings is 2. The van der Waals surface area contributed by atoms with Crippen LogP contribution in [0.5, 0.6) is 0 Å². The van der Waals surface area contributed by atoms with E-state index in [4.69, 9.17) is 0 Å². The smallest absolute Gasteiger partial charge is 1.00 e. The normalized spacial score (nSPS) is 22.4. The Hall–Kier alpha value is -0.400. The third-order valence-corrected chi connectivity index (χ3v) is 31.9. The Morgan fingerprint density at radius 1 is 0.741 bits per heavy atom. The van der Waals surface area contributed by atoms with Gasteiger partial charge in [-0.15, -0.1) is 0 Å². The predicted molar refractivity (Wildman–Crippen MR) is 107 cm³/mol. The van der Waals surface area contributed by atoms with Crippen LogP contribution in [-0.2, 0) is 20.9 Å². The molecule has 27 heavy (non-hydrogen) atoms. The number of hydrogen-bond donors (Lipinski definition) is 0. The van der Waals surface area contributed by atoms with Crippen molar-refractivity contribution in [2.75, 3.05) is 0 Å². The molecule has 4 heteroatoms. The van der Waals surface area contributed by atoms with Gasteiger partial charge in [-0.05, 0) is 0 Å². The summed E-state index contributed by atoms with van der Waals surface area (Å²) in [5.74, 6) is -0.502. The van der Waals surface area contributed by atoms with Gasteiger partial charge in [0.25, 0.3) is 0 Å². The molecule has 0 saturated carbocycles. The summed E-state index contributed by atoms with van der Waals surface area (Å²) in [6.45, 7) is 4.86. The van der Waals surface area contributed by atoms with Crippen LogP contribution in [0, 0.1) is 0 Å². The molecule has 2 aliphatic carbocycles. The molecule has 2 atom stereocenters. The molecule has 0 bridgehead atoms. The fraction of sp³-hybridized carbons (Fsp3) is 0.304. The van der Waals surface area contributed by atoms with E-state index in [1.165, 1.54) is 17.5 Å². The Labute approximate surface area is 184 Å². The van der Waals surface area contributed by atoms with Crippen LogP contribution in [0.2, 0.25) is 12.1 Å². The van der Waals surface area contributed by atoms with Crippen molar-refractivity contribution in [3.05, 3.63) is 81.9 Å². The van der Waals surface area contributed by atoms with Gasteiger partial charge in [0.1, 0.15) is 0 Å². The molecule has 1 fully saturated rings. The van der Waals surface area contributed by atoms with E-state index in [0.717, 1.165) is 7.25 Å². The molecule has 1 heterocycles. The van der Waals surface area contributed by atoms with E-state index in [-0.39, 0.29) is 24.8 Å². The molecule has 0 nitrogen and oxygen atoms in total. The minimum absolute atomic E-state index is 0. The van der Waals surface area contributed by atoms with Crippen molar-refractivity contribution in [2.24, 2.45) is 0 Å². The van der Waals surface area contributed by atoms with Crippen molar-refractivity contribution in [2.45, 2.75) is 39.6 Å². The summed E-state index contributed by atoms with van der Waals surface area (Å²) in [5, 5.41) is 0. The third kappa shape index (κ3) is 3.52. The molecule has 2 aromatic rings. The minimum Gasteiger partial charge on any atom is -1.00 e. The number of fused-ring (bicyclic) bond motifs is 2. The van der Waals surface area contributed by atoms with Gasteiger partial charge in [-0.25, -0.2) is 0 Å². The average Bonchev–Trinajstić information content (AvgIpc) is 3.06. The zero-order chi connectivity index (χ0) is 17.0. The second-order valence-electron chi connectivity index (χ2n) is 8.03. The second-order valence-corrected chi connectivity index (χ2v) is 25.8. The zero-order valence-corrected chi connectivity index (χ0v) is 21.0. The van der Waals surface area contributed by atoms with Crippen molar-refractivity contribution in [1.29, 1.82) is 0 Å². The van der Waals surface area contributed by atoms with Crippen LogP contribution in [0.15, 0.2) is 59.7 Å². The van der Waals surface area contributed by atoms with Gasteiger partial charge in [-0.3, -0.25) is 0 Å². The average molecular weight is 492 g/mol. The SMILES string of the molecule is CC1=Cc2ccccc2[CH]1[Zr+2]([CH]1C(C)=Cc2ccccc21)[SiH]1CCC1.[Cl-].[Cl-]. The molecule has 5 rings (SSSR count). The molecule has 139 valence electrons. The summed E-state index contributed by atoms with van der Waals surface area (Å²) in [7, 11) is 0. The number of rotatable bonds is 3. The van der Waals surface area contributed by atoms with E-state index in [1.807, 2.05) is 0 Å². The molecular weight excluding hydrogens is 466 g/mol. The zero-order valence-electron chi connectivity index (χ0n) is 15.9. The van der Waals surface area contributed by atoms with E-state index in [2.05, 4.69) is 74.5 Å². The first-order chi connectivity index (χ1) is 12.2. The fourth-order valence-corrected chi connectivity index (χ4v) is 34.6. The largest absolute Gasteiger partial charge is 1.00 e. The van der Waals surface area contributed by atoms with E-state index in [1.54, 1.807) is 34.4 Å². The van der Waals surface area contributed by atoms with Crippen LogP contribution < -0.4 is 24.8 Å². The number of hydrogen-bond acceptors (Lipinski definition) is 0. The van der Waals surface area contributed by atoms with Crippen molar-refractivity contribution in [3.63, 3.8) is 0 Å². The first kappa shape index (κ1) is 21.3. The van der Waals surface area contributed by atoms with Gasteiger partial charge in [0.2, 0.25) is 0 Å². The summed E-state index contributed by atoms with van der Waals surface area (Å²) in [5.41, 5.74) is 9.78. The Morgan fingerprint density at radius 2 is 1.19 bits per heavy atom. The van der Waals surface area contributed by atoms with Crippen LogP contribution in [0.1, 0.15) is 49.8 Å². The van der Waals surface area contributed by atoms with Crippen LogP contribution in [0.3, 0.4) is 0 Å². The van der Waals surface area contributed by atoms with E-state index < -0.39 is 26.8 Å². The standard InChI is InChI=1S/2C10H9.C3H7Si.2ClH.Zr/c2*1-8-6-9-4-2-3-5-10(9)7-8;1-2-4-3-1;;;/h2*2-7H,1H3;4H,1-3H2;2*1H;/q;;;;;+2/p-2. The maximum Gasteiger partial charge on any atom is -1.00 e. The number of allylic oxidation sites excluding steroid dienone is 2. The molecule has 0 radical (unpaired) electrons. The maximum absolute atomic E-state index is 2.51. The van der Waals surface area contributed by atoms with Crippen molar-refractivity contribution < 1.29 is 45.7 Å². The van der Waals surface area contributed by atoms with Crippen molar-refractivity contribution in [1.82, 2.24) is 0 Å². The monoisotopic (exact) mass is 489 g/mol. The van der Waals surface area contributed by atoms with Crippen LogP contribution in [0.4, 0.5) is 0 Å². The van der Waals surface area contributed by atoms with Gasteiger partial charge in [0, 0.05) is 0 Å². The Bertz CT molecular complexity index is 833. The molecule has 0 N–H and O–H groups in total. The van der Waals surface area contributed by atoms with Gasteiger partial charge >= 0.3 is 161 Å². The van der Waals surface area contributed by atoms with Crippen molar-refractivity contribution >= 4 is 18.1 Å². The van der Waals surface area contributed by atoms with Gasteiger partial charge in [-0.2, -0.15) is 0 Å². The summed E-state index contributed by atoms with van der Waals surface area (Å²) in [6.07, 6.45) is 6.54. The minimum atomic E-state index is -1.67. The Kier molecular flexibility index (Phi) is 6.74. The molecule has 1 aliphatic heterocycles. The fourth-order valence-electron chi connectivity index (χ4n) is 5.22. The van der Waals surface area contributed by atoms with E-state index in [9.17, 15) is 0 Å². The topological polar surface area (TPSA) is 0 Å². The van der Waals surface area contributed by atoms with Crippen LogP contribution in [-0.4, -0.2) is 5.92 Å². The van der Waals surface area contributed by atoms with E-state index >= 15 is 0 Å². The number of halogens is 2. The Balaban J connectivity index is 0.00000105. The van der Waals surface area contributed by atoms with Crippen LogP contribution >= 0.6 is 0 Å². The van der Waals surface area contributed by atoms with Gasteiger partial charge in [0.15, 0.2) is 0 Å².